The minimum absolute atomic E-state index is 0.0284. The van der Waals surface area contributed by atoms with Crippen molar-refractivity contribution in [1.29, 1.82) is 0 Å². The van der Waals surface area contributed by atoms with Crippen LogP contribution in [0, 0.1) is 5.41 Å². The lowest BCUT2D eigenvalue weighted by Gasteiger charge is -2.39. The first-order valence-electron chi connectivity index (χ1n) is 5.37. The Morgan fingerprint density at radius 1 is 1.33 bits per heavy atom. The summed E-state index contributed by atoms with van der Waals surface area (Å²) >= 11 is 0. The first kappa shape index (κ1) is 12.0. The van der Waals surface area contributed by atoms with Gasteiger partial charge in [0.25, 0.3) is 0 Å². The van der Waals surface area contributed by atoms with Crippen molar-refractivity contribution in [3.8, 4) is 0 Å². The predicted molar refractivity (Wildman–Crippen MR) is 56.8 cm³/mol. The summed E-state index contributed by atoms with van der Waals surface area (Å²) in [6.45, 7) is 0.915. The highest BCUT2D eigenvalue weighted by Gasteiger charge is 2.42. The number of nitrogens with one attached hydrogen (secondary N) is 1. The molecule has 2 amide bonds. The molecule has 1 aliphatic rings. The molecule has 0 aromatic heterocycles. The van der Waals surface area contributed by atoms with Gasteiger partial charge in [0.2, 0.25) is 11.8 Å². The standard InChI is InChI=1S/C10H19N3O2/c11-7-10(4-2-5-10)9(15)13-6-1-3-8(12)14/h1-7,11H2,(H2,12,14)(H,13,15). The van der Waals surface area contributed by atoms with E-state index in [1.807, 2.05) is 0 Å². The minimum atomic E-state index is -0.332. The molecule has 0 aromatic carbocycles. The average Bonchev–Trinajstić information content (AvgIpc) is 2.11. The fourth-order valence-electron chi connectivity index (χ4n) is 1.78. The molecule has 0 aromatic rings. The van der Waals surface area contributed by atoms with E-state index < -0.39 is 0 Å². The maximum absolute atomic E-state index is 11.7. The summed E-state index contributed by atoms with van der Waals surface area (Å²) in [6.07, 6.45) is 3.75. The van der Waals surface area contributed by atoms with Crippen molar-refractivity contribution in [1.82, 2.24) is 5.32 Å². The molecule has 1 aliphatic carbocycles. The van der Waals surface area contributed by atoms with Crippen LogP contribution in [0.3, 0.4) is 0 Å². The number of hydrogen-bond donors (Lipinski definition) is 3. The van der Waals surface area contributed by atoms with E-state index in [1.54, 1.807) is 0 Å². The number of hydrogen-bond acceptors (Lipinski definition) is 3. The number of primary amides is 1. The monoisotopic (exact) mass is 213 g/mol. The minimum Gasteiger partial charge on any atom is -0.370 e. The number of amides is 2. The molecule has 15 heavy (non-hydrogen) atoms. The molecular formula is C10H19N3O2. The van der Waals surface area contributed by atoms with Gasteiger partial charge in [-0.1, -0.05) is 6.42 Å². The Balaban J connectivity index is 2.21. The third-order valence-electron chi connectivity index (χ3n) is 3.07. The predicted octanol–water partition coefficient (Wildman–Crippen LogP) is -0.503. The van der Waals surface area contributed by atoms with Gasteiger partial charge >= 0.3 is 0 Å². The number of nitrogens with two attached hydrogens (primary N) is 2. The molecule has 0 spiro atoms. The Hall–Kier alpha value is -1.10. The van der Waals surface area contributed by atoms with E-state index >= 15 is 0 Å². The van der Waals surface area contributed by atoms with Gasteiger partial charge in [-0.2, -0.15) is 0 Å². The van der Waals surface area contributed by atoms with E-state index in [-0.39, 0.29) is 17.2 Å². The molecule has 1 rings (SSSR count). The van der Waals surface area contributed by atoms with Crippen molar-refractivity contribution in [3.05, 3.63) is 0 Å². The normalized spacial score (nSPS) is 17.9. The number of carbonyl (C=O) groups excluding carboxylic acids is 2. The van der Waals surface area contributed by atoms with Gasteiger partial charge in [0.05, 0.1) is 5.41 Å². The third kappa shape index (κ3) is 2.92. The zero-order valence-electron chi connectivity index (χ0n) is 8.92. The van der Waals surface area contributed by atoms with E-state index in [0.29, 0.717) is 25.9 Å². The zero-order chi connectivity index (χ0) is 11.3. The second-order valence-corrected chi connectivity index (χ2v) is 4.16. The van der Waals surface area contributed by atoms with Crippen LogP contribution < -0.4 is 16.8 Å². The summed E-state index contributed by atoms with van der Waals surface area (Å²) in [5, 5.41) is 2.80. The van der Waals surface area contributed by atoms with Crippen LogP contribution in [-0.4, -0.2) is 24.9 Å². The Morgan fingerprint density at radius 3 is 2.40 bits per heavy atom. The second kappa shape index (κ2) is 5.11. The molecule has 0 atom stereocenters. The molecule has 5 heteroatoms. The number of rotatable bonds is 6. The molecule has 0 heterocycles. The average molecular weight is 213 g/mol. The Labute approximate surface area is 89.6 Å². The SMILES string of the molecule is NCC1(C(=O)NCCCC(N)=O)CCC1. The third-order valence-corrected chi connectivity index (χ3v) is 3.07. The molecule has 0 unspecified atom stereocenters. The van der Waals surface area contributed by atoms with E-state index in [2.05, 4.69) is 5.32 Å². The molecule has 1 fully saturated rings. The van der Waals surface area contributed by atoms with Gasteiger partial charge in [-0.3, -0.25) is 9.59 Å². The van der Waals surface area contributed by atoms with Gasteiger partial charge in [-0.25, -0.2) is 0 Å². The molecule has 0 saturated heterocycles. The van der Waals surface area contributed by atoms with Crippen molar-refractivity contribution in [3.63, 3.8) is 0 Å². The topological polar surface area (TPSA) is 98.2 Å². The summed E-state index contributed by atoms with van der Waals surface area (Å²) < 4.78 is 0. The van der Waals surface area contributed by atoms with E-state index in [1.165, 1.54) is 0 Å². The van der Waals surface area contributed by atoms with E-state index in [4.69, 9.17) is 11.5 Å². The van der Waals surface area contributed by atoms with Crippen molar-refractivity contribution < 1.29 is 9.59 Å². The van der Waals surface area contributed by atoms with E-state index in [0.717, 1.165) is 19.3 Å². The molecule has 5 N–H and O–H groups in total. The van der Waals surface area contributed by atoms with Crippen LogP contribution in [0.4, 0.5) is 0 Å². The highest BCUT2D eigenvalue weighted by molar-refractivity contribution is 5.83. The van der Waals surface area contributed by atoms with Gasteiger partial charge in [0.15, 0.2) is 0 Å². The molecule has 86 valence electrons. The van der Waals surface area contributed by atoms with E-state index in [9.17, 15) is 9.59 Å². The summed E-state index contributed by atoms with van der Waals surface area (Å²) in [5.74, 6) is -0.304. The highest BCUT2D eigenvalue weighted by Crippen LogP contribution is 2.39. The molecule has 0 bridgehead atoms. The highest BCUT2D eigenvalue weighted by atomic mass is 16.2. The summed E-state index contributed by atoms with van der Waals surface area (Å²) in [4.78, 5) is 22.2. The Bertz CT molecular complexity index is 244. The lowest BCUT2D eigenvalue weighted by molar-refractivity contribution is -0.135. The van der Waals surface area contributed by atoms with Crippen LogP contribution in [0.15, 0.2) is 0 Å². The fourth-order valence-corrected chi connectivity index (χ4v) is 1.78. The van der Waals surface area contributed by atoms with Crippen molar-refractivity contribution in [2.75, 3.05) is 13.1 Å². The molecular weight excluding hydrogens is 194 g/mol. The maximum Gasteiger partial charge on any atom is 0.227 e. The molecule has 5 nitrogen and oxygen atoms in total. The quantitative estimate of drug-likeness (QED) is 0.518. The summed E-state index contributed by atoms with van der Waals surface area (Å²) in [5.41, 5.74) is 10.2. The smallest absolute Gasteiger partial charge is 0.227 e. The van der Waals surface area contributed by atoms with Gasteiger partial charge < -0.3 is 16.8 Å². The van der Waals surface area contributed by atoms with Crippen molar-refractivity contribution in [2.24, 2.45) is 16.9 Å². The van der Waals surface area contributed by atoms with Gasteiger partial charge in [-0.15, -0.1) is 0 Å². The maximum atomic E-state index is 11.7. The van der Waals surface area contributed by atoms with Crippen LogP contribution in [0.25, 0.3) is 0 Å². The Morgan fingerprint density at radius 2 is 2.00 bits per heavy atom. The van der Waals surface area contributed by atoms with Gasteiger partial charge in [0.1, 0.15) is 0 Å². The van der Waals surface area contributed by atoms with Crippen LogP contribution in [-0.2, 0) is 9.59 Å². The van der Waals surface area contributed by atoms with Crippen LogP contribution >= 0.6 is 0 Å². The van der Waals surface area contributed by atoms with Gasteiger partial charge in [0, 0.05) is 19.5 Å². The lowest BCUT2D eigenvalue weighted by Crippen LogP contribution is -2.50. The molecule has 0 radical (unpaired) electrons. The first-order chi connectivity index (χ1) is 7.10. The first-order valence-corrected chi connectivity index (χ1v) is 5.37. The Kier molecular flexibility index (Phi) is 4.08. The van der Waals surface area contributed by atoms with Crippen LogP contribution in [0.2, 0.25) is 0 Å². The molecule has 1 saturated carbocycles. The van der Waals surface area contributed by atoms with Crippen LogP contribution in [0.5, 0.6) is 0 Å². The zero-order valence-corrected chi connectivity index (χ0v) is 8.92. The fraction of sp³-hybridized carbons (Fsp3) is 0.800. The largest absolute Gasteiger partial charge is 0.370 e. The molecule has 0 aliphatic heterocycles. The van der Waals surface area contributed by atoms with Crippen molar-refractivity contribution >= 4 is 11.8 Å². The lowest BCUT2D eigenvalue weighted by atomic mass is 9.68. The summed E-state index contributed by atoms with van der Waals surface area (Å²) in [6, 6.07) is 0. The summed E-state index contributed by atoms with van der Waals surface area (Å²) in [7, 11) is 0. The number of carbonyl (C=O) groups is 2. The second-order valence-electron chi connectivity index (χ2n) is 4.16. The van der Waals surface area contributed by atoms with Gasteiger partial charge in [-0.05, 0) is 19.3 Å². The van der Waals surface area contributed by atoms with Crippen molar-refractivity contribution in [2.45, 2.75) is 32.1 Å². The van der Waals surface area contributed by atoms with Crippen LogP contribution in [0.1, 0.15) is 32.1 Å².